The number of rotatable bonds is 5. The van der Waals surface area contributed by atoms with Crippen LogP contribution in [0, 0.1) is 0 Å². The van der Waals surface area contributed by atoms with Crippen LogP contribution in [0.3, 0.4) is 0 Å². The number of morpholine rings is 1. The second-order valence-corrected chi connectivity index (χ2v) is 5.75. The van der Waals surface area contributed by atoms with E-state index >= 15 is 0 Å². The molecule has 0 bridgehead atoms. The lowest BCUT2D eigenvalue weighted by molar-refractivity contribution is -0.0564. The van der Waals surface area contributed by atoms with E-state index in [1.807, 2.05) is 31.2 Å². The Balaban J connectivity index is 1.87. The molecule has 2 N–H and O–H groups in total. The smallest absolute Gasteiger partial charge is 0.119 e. The highest BCUT2D eigenvalue weighted by Crippen LogP contribution is 2.18. The third-order valence-corrected chi connectivity index (χ3v) is 3.72. The number of hydrogen-bond acceptors (Lipinski definition) is 4. The van der Waals surface area contributed by atoms with E-state index in [0.29, 0.717) is 12.6 Å². The predicted molar refractivity (Wildman–Crippen MR) is 81.0 cm³/mol. The molecule has 1 fully saturated rings. The van der Waals surface area contributed by atoms with Gasteiger partial charge in [-0.2, -0.15) is 0 Å². The highest BCUT2D eigenvalue weighted by Gasteiger charge is 2.22. The summed E-state index contributed by atoms with van der Waals surface area (Å²) in [4.78, 5) is 2.43. The first-order valence-corrected chi connectivity index (χ1v) is 7.40. The van der Waals surface area contributed by atoms with Gasteiger partial charge in [0.15, 0.2) is 0 Å². The largest absolute Gasteiger partial charge is 0.491 e. The normalized spacial score (nSPS) is 21.9. The monoisotopic (exact) mass is 278 g/mol. The van der Waals surface area contributed by atoms with Crippen LogP contribution in [0.5, 0.6) is 5.75 Å². The van der Waals surface area contributed by atoms with Crippen molar-refractivity contribution >= 4 is 0 Å². The van der Waals surface area contributed by atoms with Gasteiger partial charge in [0, 0.05) is 25.2 Å². The van der Waals surface area contributed by atoms with Gasteiger partial charge < -0.3 is 15.2 Å². The fourth-order valence-corrected chi connectivity index (χ4v) is 2.39. The number of nitrogens with zero attached hydrogens (tertiary/aromatic N) is 1. The summed E-state index contributed by atoms with van der Waals surface area (Å²) in [6.07, 6.45) is 0.144. The molecule has 20 heavy (non-hydrogen) atoms. The third kappa shape index (κ3) is 4.20. The Hall–Kier alpha value is -1.10. The Morgan fingerprint density at radius 2 is 2.20 bits per heavy atom. The summed E-state index contributed by atoms with van der Waals surface area (Å²) in [5, 5.41) is 0. The summed E-state index contributed by atoms with van der Waals surface area (Å²) >= 11 is 0. The quantitative estimate of drug-likeness (QED) is 0.897. The molecule has 1 heterocycles. The zero-order valence-electron chi connectivity index (χ0n) is 12.7. The molecule has 0 aromatic heterocycles. The summed E-state index contributed by atoms with van der Waals surface area (Å²) in [7, 11) is 0. The molecule has 0 spiro atoms. The van der Waals surface area contributed by atoms with Gasteiger partial charge in [-0.25, -0.2) is 0 Å². The fourth-order valence-electron chi connectivity index (χ4n) is 2.39. The fraction of sp³-hybridized carbons (Fsp3) is 0.625. The van der Waals surface area contributed by atoms with E-state index in [4.69, 9.17) is 15.2 Å². The Kier molecular flexibility index (Phi) is 5.40. The summed E-state index contributed by atoms with van der Waals surface area (Å²) in [6, 6.07) is 8.57. The molecule has 1 aliphatic heterocycles. The van der Waals surface area contributed by atoms with Crippen molar-refractivity contribution in [3.63, 3.8) is 0 Å². The van der Waals surface area contributed by atoms with Crippen LogP contribution in [0.1, 0.15) is 32.4 Å². The molecular formula is C16H26N2O2. The van der Waals surface area contributed by atoms with Gasteiger partial charge in [0.25, 0.3) is 0 Å². The first kappa shape index (κ1) is 15.3. The summed E-state index contributed by atoms with van der Waals surface area (Å²) in [5.74, 6) is 0.866. The lowest BCUT2D eigenvalue weighted by atomic mass is 10.1. The van der Waals surface area contributed by atoms with E-state index in [-0.39, 0.29) is 12.1 Å². The van der Waals surface area contributed by atoms with Gasteiger partial charge in [-0.05, 0) is 38.5 Å². The SMILES string of the molecule is CC(N)c1cccc(OCC2CN(C(C)C)CCO2)c1. The minimum Gasteiger partial charge on any atom is -0.491 e. The van der Waals surface area contributed by atoms with Gasteiger partial charge in [0.2, 0.25) is 0 Å². The first-order valence-electron chi connectivity index (χ1n) is 7.40. The number of benzene rings is 1. The average molecular weight is 278 g/mol. The molecule has 1 aromatic carbocycles. The molecule has 4 nitrogen and oxygen atoms in total. The van der Waals surface area contributed by atoms with Crippen LogP contribution in [0.4, 0.5) is 0 Å². The summed E-state index contributed by atoms with van der Waals surface area (Å²) < 4.78 is 11.6. The van der Waals surface area contributed by atoms with Crippen molar-refractivity contribution in [3.05, 3.63) is 29.8 Å². The summed E-state index contributed by atoms with van der Waals surface area (Å²) in [6.45, 7) is 9.73. The standard InChI is InChI=1S/C16H26N2O2/c1-12(2)18-7-8-19-16(10-18)11-20-15-6-4-5-14(9-15)13(3)17/h4-6,9,12-13,16H,7-8,10-11,17H2,1-3H3. The van der Waals surface area contributed by atoms with E-state index in [1.165, 1.54) is 0 Å². The molecule has 4 heteroatoms. The zero-order chi connectivity index (χ0) is 14.5. The lowest BCUT2D eigenvalue weighted by Gasteiger charge is -2.35. The maximum Gasteiger partial charge on any atom is 0.119 e. The highest BCUT2D eigenvalue weighted by molar-refractivity contribution is 5.30. The van der Waals surface area contributed by atoms with Gasteiger partial charge in [-0.1, -0.05) is 12.1 Å². The van der Waals surface area contributed by atoms with Crippen LogP contribution in [0.15, 0.2) is 24.3 Å². The Labute approximate surface area is 121 Å². The second-order valence-electron chi connectivity index (χ2n) is 5.75. The number of ether oxygens (including phenoxy) is 2. The van der Waals surface area contributed by atoms with Crippen LogP contribution >= 0.6 is 0 Å². The van der Waals surface area contributed by atoms with E-state index in [1.54, 1.807) is 0 Å². The third-order valence-electron chi connectivity index (χ3n) is 3.72. The average Bonchev–Trinajstić information content (AvgIpc) is 2.45. The molecule has 2 unspecified atom stereocenters. The number of nitrogens with two attached hydrogens (primary N) is 1. The minimum atomic E-state index is 0.0286. The van der Waals surface area contributed by atoms with Gasteiger partial charge >= 0.3 is 0 Å². The molecule has 2 rings (SSSR count). The van der Waals surface area contributed by atoms with Gasteiger partial charge in [0.1, 0.15) is 18.5 Å². The van der Waals surface area contributed by atoms with Crippen molar-refractivity contribution < 1.29 is 9.47 Å². The van der Waals surface area contributed by atoms with E-state index in [9.17, 15) is 0 Å². The van der Waals surface area contributed by atoms with Crippen molar-refractivity contribution in [2.24, 2.45) is 5.73 Å². The lowest BCUT2D eigenvalue weighted by Crippen LogP contribution is -2.47. The molecule has 2 atom stereocenters. The van der Waals surface area contributed by atoms with Crippen LogP contribution in [-0.2, 0) is 4.74 Å². The molecule has 112 valence electrons. The van der Waals surface area contributed by atoms with Gasteiger partial charge in [0.05, 0.1) is 6.61 Å². The molecule has 1 saturated heterocycles. The minimum absolute atomic E-state index is 0.0286. The molecule has 1 aliphatic rings. The predicted octanol–water partition coefficient (Wildman–Crippen LogP) is 2.19. The molecule has 0 aliphatic carbocycles. The Morgan fingerprint density at radius 1 is 1.40 bits per heavy atom. The maximum absolute atomic E-state index is 5.89. The van der Waals surface area contributed by atoms with Gasteiger partial charge in [-0.3, -0.25) is 4.90 Å². The summed E-state index contributed by atoms with van der Waals surface area (Å²) in [5.41, 5.74) is 6.98. The van der Waals surface area contributed by atoms with Crippen molar-refractivity contribution in [2.75, 3.05) is 26.3 Å². The van der Waals surface area contributed by atoms with Gasteiger partial charge in [-0.15, -0.1) is 0 Å². The van der Waals surface area contributed by atoms with Crippen molar-refractivity contribution in [1.82, 2.24) is 4.90 Å². The topological polar surface area (TPSA) is 47.7 Å². The first-order chi connectivity index (χ1) is 9.56. The maximum atomic E-state index is 5.89. The van der Waals surface area contributed by atoms with Crippen molar-refractivity contribution in [3.8, 4) is 5.75 Å². The number of hydrogen-bond donors (Lipinski definition) is 1. The van der Waals surface area contributed by atoms with E-state index < -0.39 is 0 Å². The van der Waals surface area contributed by atoms with Crippen LogP contribution in [0.25, 0.3) is 0 Å². The van der Waals surface area contributed by atoms with E-state index in [0.717, 1.165) is 31.0 Å². The highest BCUT2D eigenvalue weighted by atomic mass is 16.5. The van der Waals surface area contributed by atoms with Crippen molar-refractivity contribution in [2.45, 2.75) is 39.0 Å². The molecule has 1 aromatic rings. The van der Waals surface area contributed by atoms with E-state index in [2.05, 4.69) is 18.7 Å². The van der Waals surface area contributed by atoms with Crippen LogP contribution in [-0.4, -0.2) is 43.3 Å². The van der Waals surface area contributed by atoms with Crippen LogP contribution < -0.4 is 10.5 Å². The molecule has 0 saturated carbocycles. The van der Waals surface area contributed by atoms with Crippen molar-refractivity contribution in [1.29, 1.82) is 0 Å². The zero-order valence-corrected chi connectivity index (χ0v) is 12.7. The molecule has 0 radical (unpaired) electrons. The molecule has 0 amide bonds. The molecular weight excluding hydrogens is 252 g/mol. The Bertz CT molecular complexity index is 421. The van der Waals surface area contributed by atoms with Crippen LogP contribution in [0.2, 0.25) is 0 Å². The Morgan fingerprint density at radius 3 is 2.90 bits per heavy atom. The second kappa shape index (κ2) is 7.07.